The first-order valence-corrected chi connectivity index (χ1v) is 14.6. The van der Waals surface area contributed by atoms with Gasteiger partial charge in [-0.1, -0.05) is 30.3 Å². The average Bonchev–Trinajstić information content (AvgIpc) is 3.42. The van der Waals surface area contributed by atoms with Crippen molar-refractivity contribution in [3.8, 4) is 17.1 Å². The van der Waals surface area contributed by atoms with E-state index in [1.54, 1.807) is 34.1 Å². The number of imidazole rings is 1. The van der Waals surface area contributed by atoms with E-state index < -0.39 is 34.1 Å². The third-order valence-corrected chi connectivity index (χ3v) is 7.19. The molecule has 4 N–H and O–H groups in total. The van der Waals surface area contributed by atoms with Crippen LogP contribution in [-0.4, -0.2) is 54.3 Å². The first kappa shape index (κ1) is 32.4. The van der Waals surface area contributed by atoms with Gasteiger partial charge in [0.1, 0.15) is 18.2 Å². The largest absolute Gasteiger partial charge is 0.497 e. The molecule has 0 radical (unpaired) electrons. The Balaban J connectivity index is 1.70. The van der Waals surface area contributed by atoms with Gasteiger partial charge in [0.2, 0.25) is 0 Å². The maximum absolute atomic E-state index is 12.7. The van der Waals surface area contributed by atoms with E-state index >= 15 is 0 Å². The molecule has 2 aromatic carbocycles. The van der Waals surface area contributed by atoms with E-state index in [1.165, 1.54) is 0 Å². The third-order valence-electron chi connectivity index (χ3n) is 5.72. The number of hydroxylamine groups is 1. The number of carbonyl (C=O) groups is 2. The van der Waals surface area contributed by atoms with E-state index in [1.807, 2.05) is 54.6 Å². The van der Waals surface area contributed by atoms with Crippen LogP contribution in [0.5, 0.6) is 5.75 Å². The number of nitrogens with one attached hydrogen (secondary N) is 2. The number of H-pyrrole nitrogens is 1. The van der Waals surface area contributed by atoms with Gasteiger partial charge < -0.3 is 30.3 Å². The summed E-state index contributed by atoms with van der Waals surface area (Å²) in [4.78, 5) is 36.5. The van der Waals surface area contributed by atoms with Gasteiger partial charge in [-0.25, -0.2) is 18.8 Å². The summed E-state index contributed by atoms with van der Waals surface area (Å²) in [6, 6.07) is 16.0. The summed E-state index contributed by atoms with van der Waals surface area (Å²) >= 11 is 0. The first-order chi connectivity index (χ1) is 19.9. The second-order valence-electron chi connectivity index (χ2n) is 10.3. The minimum atomic E-state index is -4.42. The lowest BCUT2D eigenvalue weighted by Gasteiger charge is -2.25. The maximum atomic E-state index is 12.7. The third kappa shape index (κ3) is 10.4. The van der Waals surface area contributed by atoms with Crippen molar-refractivity contribution in [3.05, 3.63) is 72.1 Å². The Morgan fingerprint density at radius 2 is 1.76 bits per heavy atom. The number of rotatable bonds is 14. The molecular formula is C28H37N5O8S. The SMILES string of the molecule is COc1ccc(-c2ncc([C@H](CCCCN(OC(N)=O)S(=O)(=O)OC(C)(C)C)NC(=O)OCc3ccccc3)[nH]2)cc1. The molecule has 42 heavy (non-hydrogen) atoms. The molecule has 0 fully saturated rings. The second kappa shape index (κ2) is 14.7. The molecule has 0 aliphatic rings. The van der Waals surface area contributed by atoms with Crippen LogP contribution in [0, 0.1) is 0 Å². The molecule has 1 aromatic heterocycles. The van der Waals surface area contributed by atoms with E-state index in [2.05, 4.69) is 15.3 Å². The number of carbonyl (C=O) groups excluding carboxylic acids is 2. The smallest absolute Gasteiger partial charge is 0.424 e. The van der Waals surface area contributed by atoms with Gasteiger partial charge in [0, 0.05) is 5.56 Å². The highest BCUT2D eigenvalue weighted by Gasteiger charge is 2.31. The number of alkyl carbamates (subject to hydrolysis) is 1. The van der Waals surface area contributed by atoms with Gasteiger partial charge in [-0.3, -0.25) is 0 Å². The van der Waals surface area contributed by atoms with Crippen LogP contribution >= 0.6 is 0 Å². The zero-order valence-corrected chi connectivity index (χ0v) is 24.8. The lowest BCUT2D eigenvalue weighted by atomic mass is 10.1. The standard InChI is InChI=1S/C28H37N5O8S/c1-28(2,3)41-42(36,37)33(40-26(29)34)17-9-8-12-23(32-27(35)39-19-20-10-6-5-7-11-20)24-18-30-25(31-24)21-13-15-22(38-4)16-14-21/h5-7,10-11,13-16,18,23H,8-9,12,17,19H2,1-4H3,(H2,29,34)(H,30,31)(H,32,35)/t23-/m0/s1. The number of amides is 2. The molecule has 14 heteroatoms. The van der Waals surface area contributed by atoms with Crippen molar-refractivity contribution in [3.63, 3.8) is 0 Å². The minimum Gasteiger partial charge on any atom is -0.497 e. The summed E-state index contributed by atoms with van der Waals surface area (Å²) in [5, 5.41) is 2.85. The molecule has 0 aliphatic carbocycles. The van der Waals surface area contributed by atoms with Crippen LogP contribution in [0.1, 0.15) is 57.3 Å². The highest BCUT2D eigenvalue weighted by molar-refractivity contribution is 7.84. The van der Waals surface area contributed by atoms with Gasteiger partial charge in [0.15, 0.2) is 0 Å². The minimum absolute atomic E-state index is 0.0878. The number of unbranched alkanes of at least 4 members (excludes halogenated alkanes) is 1. The molecule has 0 spiro atoms. The summed E-state index contributed by atoms with van der Waals surface area (Å²) in [5.74, 6) is 1.29. The van der Waals surface area contributed by atoms with Crippen LogP contribution in [0.15, 0.2) is 60.8 Å². The molecule has 0 saturated carbocycles. The fourth-order valence-corrected chi connectivity index (χ4v) is 5.10. The number of nitrogens with zero attached hydrogens (tertiary/aromatic N) is 2. The Bertz CT molecular complexity index is 1410. The topological polar surface area (TPSA) is 175 Å². The Morgan fingerprint density at radius 3 is 2.38 bits per heavy atom. The van der Waals surface area contributed by atoms with E-state index in [4.69, 9.17) is 24.2 Å². The fourth-order valence-electron chi connectivity index (χ4n) is 3.87. The average molecular weight is 604 g/mol. The van der Waals surface area contributed by atoms with Gasteiger partial charge in [0.05, 0.1) is 37.2 Å². The number of hydrogen-bond donors (Lipinski definition) is 3. The lowest BCUT2D eigenvalue weighted by molar-refractivity contribution is -0.0372. The summed E-state index contributed by atoms with van der Waals surface area (Å²) < 4.78 is 41.4. The Labute approximate surface area is 245 Å². The van der Waals surface area contributed by atoms with Crippen molar-refractivity contribution >= 4 is 22.5 Å². The van der Waals surface area contributed by atoms with Crippen molar-refractivity contribution < 1.29 is 36.5 Å². The Morgan fingerprint density at radius 1 is 1.07 bits per heavy atom. The van der Waals surface area contributed by atoms with Crippen LogP contribution in [0.2, 0.25) is 0 Å². The van der Waals surface area contributed by atoms with Crippen LogP contribution in [0.25, 0.3) is 11.4 Å². The van der Waals surface area contributed by atoms with Gasteiger partial charge in [-0.05, 0) is 74.3 Å². The second-order valence-corrected chi connectivity index (χ2v) is 11.7. The molecule has 0 aliphatic heterocycles. The van der Waals surface area contributed by atoms with Crippen molar-refractivity contribution in [2.75, 3.05) is 13.7 Å². The molecule has 228 valence electrons. The van der Waals surface area contributed by atoms with E-state index in [-0.39, 0.29) is 19.6 Å². The number of methoxy groups -OCH3 is 1. The molecule has 2 amide bonds. The molecule has 3 aromatic rings. The Kier molecular flexibility index (Phi) is 11.3. The summed E-state index contributed by atoms with van der Waals surface area (Å²) in [6.45, 7) is 4.51. The lowest BCUT2D eigenvalue weighted by Crippen LogP contribution is -2.40. The van der Waals surface area contributed by atoms with Crippen molar-refractivity contribution in [2.24, 2.45) is 5.73 Å². The highest BCUT2D eigenvalue weighted by atomic mass is 32.2. The molecule has 0 unspecified atom stereocenters. The number of benzene rings is 2. The van der Waals surface area contributed by atoms with E-state index in [0.717, 1.165) is 11.1 Å². The highest BCUT2D eigenvalue weighted by Crippen LogP contribution is 2.25. The quantitative estimate of drug-likeness (QED) is 0.176. The number of ether oxygens (including phenoxy) is 2. The zero-order valence-electron chi connectivity index (χ0n) is 24.0. The van der Waals surface area contributed by atoms with Crippen molar-refractivity contribution in [1.82, 2.24) is 19.8 Å². The Hall–Kier alpha value is -4.14. The van der Waals surface area contributed by atoms with Gasteiger partial charge >= 0.3 is 22.5 Å². The van der Waals surface area contributed by atoms with Crippen LogP contribution in [0.4, 0.5) is 9.59 Å². The van der Waals surface area contributed by atoms with Gasteiger partial charge in [-0.15, -0.1) is 0 Å². The van der Waals surface area contributed by atoms with Crippen LogP contribution < -0.4 is 15.8 Å². The van der Waals surface area contributed by atoms with E-state index in [9.17, 15) is 18.0 Å². The van der Waals surface area contributed by atoms with Crippen LogP contribution in [-0.2, 0) is 30.7 Å². The number of nitrogens with two attached hydrogens (primary N) is 1. The predicted octanol–water partition coefficient (Wildman–Crippen LogP) is 4.60. The van der Waals surface area contributed by atoms with Gasteiger partial charge in [-0.2, -0.15) is 8.42 Å². The number of primary amides is 1. The molecular weight excluding hydrogens is 566 g/mol. The maximum Gasteiger partial charge on any atom is 0.424 e. The number of aromatic amines is 1. The summed E-state index contributed by atoms with van der Waals surface area (Å²) in [7, 11) is -2.83. The first-order valence-electron chi connectivity index (χ1n) is 13.2. The predicted molar refractivity (Wildman–Crippen MR) is 154 cm³/mol. The van der Waals surface area contributed by atoms with Crippen molar-refractivity contribution in [1.29, 1.82) is 0 Å². The molecule has 0 saturated heterocycles. The monoisotopic (exact) mass is 603 g/mol. The van der Waals surface area contributed by atoms with Gasteiger partial charge in [0.25, 0.3) is 0 Å². The molecule has 3 rings (SSSR count). The van der Waals surface area contributed by atoms with Crippen molar-refractivity contribution in [2.45, 2.75) is 58.3 Å². The number of hydrogen-bond acceptors (Lipinski definition) is 9. The molecule has 1 atom stereocenters. The molecule has 1 heterocycles. The zero-order chi connectivity index (χ0) is 30.8. The van der Waals surface area contributed by atoms with E-state index in [0.29, 0.717) is 34.6 Å². The molecule has 13 nitrogen and oxygen atoms in total. The normalized spacial score (nSPS) is 12.5. The summed E-state index contributed by atoms with van der Waals surface area (Å²) in [6.07, 6.45) is 0.715. The number of aromatic nitrogens is 2. The fraction of sp³-hybridized carbons (Fsp3) is 0.393. The van der Waals surface area contributed by atoms with Crippen LogP contribution in [0.3, 0.4) is 0 Å². The summed E-state index contributed by atoms with van der Waals surface area (Å²) in [5.41, 5.74) is 6.28. The molecule has 0 bridgehead atoms.